The molecular formula is C18H21ClN3O3+. The Hall–Kier alpha value is -2.44. The van der Waals surface area contributed by atoms with Gasteiger partial charge in [0.05, 0.1) is 25.6 Å². The van der Waals surface area contributed by atoms with Gasteiger partial charge in [0.25, 0.3) is 11.6 Å². The zero-order valence-corrected chi connectivity index (χ0v) is 15.1. The standard InChI is InChI=1S/C18H20ClN3O3/c1-12-10-13(8-9-16(12)22(24)25)18(23)20-11-17(21(2)3)14-6-4-5-7-15(14)19/h4-10,17H,11H2,1-3H3,(H,20,23)/p+1/t17-/m0/s1. The Labute approximate surface area is 151 Å². The van der Waals surface area contributed by atoms with Crippen LogP contribution < -0.4 is 10.2 Å². The average Bonchev–Trinajstić information content (AvgIpc) is 2.55. The van der Waals surface area contributed by atoms with Crippen molar-refractivity contribution in [3.63, 3.8) is 0 Å². The maximum atomic E-state index is 12.4. The monoisotopic (exact) mass is 362 g/mol. The summed E-state index contributed by atoms with van der Waals surface area (Å²) in [6.45, 7) is 2.02. The third kappa shape index (κ3) is 4.55. The molecule has 2 aromatic rings. The van der Waals surface area contributed by atoms with Crippen molar-refractivity contribution in [2.24, 2.45) is 0 Å². The van der Waals surface area contributed by atoms with Gasteiger partial charge in [0.15, 0.2) is 0 Å². The van der Waals surface area contributed by atoms with E-state index >= 15 is 0 Å². The number of halogens is 1. The van der Waals surface area contributed by atoms with Gasteiger partial charge in [-0.1, -0.05) is 29.8 Å². The number of rotatable bonds is 6. The van der Waals surface area contributed by atoms with E-state index in [9.17, 15) is 14.9 Å². The van der Waals surface area contributed by atoms with Crippen LogP contribution in [0.15, 0.2) is 42.5 Å². The molecular weight excluding hydrogens is 342 g/mol. The predicted molar refractivity (Wildman–Crippen MR) is 97.2 cm³/mol. The van der Waals surface area contributed by atoms with E-state index < -0.39 is 4.92 Å². The minimum absolute atomic E-state index is 0.00297. The zero-order chi connectivity index (χ0) is 18.6. The number of carbonyl (C=O) groups excluding carboxylic acids is 1. The van der Waals surface area contributed by atoms with Crippen molar-refractivity contribution < 1.29 is 14.6 Å². The number of nitro benzene ring substituents is 1. The summed E-state index contributed by atoms with van der Waals surface area (Å²) in [5.74, 6) is -0.267. The third-order valence-corrected chi connectivity index (χ3v) is 4.44. The second kappa shape index (κ2) is 8.09. The summed E-state index contributed by atoms with van der Waals surface area (Å²) < 4.78 is 0. The lowest BCUT2D eigenvalue weighted by atomic mass is 10.1. The normalized spacial score (nSPS) is 12.0. The summed E-state index contributed by atoms with van der Waals surface area (Å²) >= 11 is 6.27. The largest absolute Gasteiger partial charge is 0.346 e. The molecule has 1 atom stereocenters. The van der Waals surface area contributed by atoms with Crippen LogP contribution in [0.3, 0.4) is 0 Å². The number of nitro groups is 1. The van der Waals surface area contributed by atoms with E-state index in [1.54, 1.807) is 6.92 Å². The van der Waals surface area contributed by atoms with Gasteiger partial charge >= 0.3 is 0 Å². The molecule has 0 fully saturated rings. The fraction of sp³-hybridized carbons (Fsp3) is 0.278. The fourth-order valence-corrected chi connectivity index (χ4v) is 2.95. The zero-order valence-electron chi connectivity index (χ0n) is 14.4. The van der Waals surface area contributed by atoms with Crippen LogP contribution in [0.2, 0.25) is 5.02 Å². The highest BCUT2D eigenvalue weighted by molar-refractivity contribution is 6.31. The third-order valence-electron chi connectivity index (χ3n) is 4.10. The summed E-state index contributed by atoms with van der Waals surface area (Å²) in [5, 5.41) is 14.4. The van der Waals surface area contributed by atoms with E-state index in [0.29, 0.717) is 22.7 Å². The van der Waals surface area contributed by atoms with Crippen molar-refractivity contribution >= 4 is 23.2 Å². The van der Waals surface area contributed by atoms with Gasteiger partial charge < -0.3 is 10.2 Å². The van der Waals surface area contributed by atoms with Crippen LogP contribution in [0.4, 0.5) is 5.69 Å². The fourth-order valence-electron chi connectivity index (χ4n) is 2.68. The second-order valence-electron chi connectivity index (χ2n) is 6.12. The number of amides is 1. The molecule has 25 heavy (non-hydrogen) atoms. The Morgan fingerprint density at radius 2 is 1.96 bits per heavy atom. The van der Waals surface area contributed by atoms with E-state index in [0.717, 1.165) is 10.5 Å². The molecule has 6 nitrogen and oxygen atoms in total. The van der Waals surface area contributed by atoms with Gasteiger partial charge in [0.1, 0.15) is 6.04 Å². The molecule has 2 rings (SSSR count). The molecule has 0 aliphatic carbocycles. The van der Waals surface area contributed by atoms with Gasteiger partial charge in [-0.05, 0) is 25.1 Å². The quantitative estimate of drug-likeness (QED) is 0.610. The SMILES string of the molecule is Cc1cc(C(=O)NC[C@@H](c2ccccc2Cl)[NH+](C)C)ccc1[N+](=O)[O-]. The van der Waals surface area contributed by atoms with Crippen molar-refractivity contribution in [1.29, 1.82) is 0 Å². The lowest BCUT2D eigenvalue weighted by Gasteiger charge is -2.23. The predicted octanol–water partition coefficient (Wildman–Crippen LogP) is 2.17. The first-order valence-electron chi connectivity index (χ1n) is 7.89. The van der Waals surface area contributed by atoms with Gasteiger partial charge in [-0.2, -0.15) is 0 Å². The minimum Gasteiger partial charge on any atom is -0.346 e. The van der Waals surface area contributed by atoms with E-state index in [1.165, 1.54) is 18.2 Å². The first-order valence-corrected chi connectivity index (χ1v) is 8.26. The van der Waals surface area contributed by atoms with E-state index in [4.69, 9.17) is 11.6 Å². The highest BCUT2D eigenvalue weighted by atomic mass is 35.5. The molecule has 0 saturated heterocycles. The highest BCUT2D eigenvalue weighted by Crippen LogP contribution is 2.21. The number of quaternary nitrogens is 1. The molecule has 2 N–H and O–H groups in total. The van der Waals surface area contributed by atoms with Crippen LogP contribution in [0, 0.1) is 17.0 Å². The van der Waals surface area contributed by atoms with Crippen LogP contribution in [0.25, 0.3) is 0 Å². The van der Waals surface area contributed by atoms with Gasteiger partial charge in [-0.3, -0.25) is 14.9 Å². The van der Waals surface area contributed by atoms with Crippen LogP contribution in [-0.2, 0) is 0 Å². The minimum atomic E-state index is -0.458. The smallest absolute Gasteiger partial charge is 0.272 e. The number of nitrogens with one attached hydrogen (secondary N) is 2. The maximum absolute atomic E-state index is 12.4. The molecule has 0 radical (unpaired) electrons. The second-order valence-corrected chi connectivity index (χ2v) is 6.53. The lowest BCUT2D eigenvalue weighted by Crippen LogP contribution is -3.07. The summed E-state index contributed by atoms with van der Waals surface area (Å²) in [6.07, 6.45) is 0. The van der Waals surface area contributed by atoms with Crippen LogP contribution in [0.1, 0.15) is 27.5 Å². The Morgan fingerprint density at radius 1 is 1.28 bits per heavy atom. The van der Waals surface area contributed by atoms with Gasteiger partial charge in [0, 0.05) is 27.8 Å². The van der Waals surface area contributed by atoms with Crippen LogP contribution in [0.5, 0.6) is 0 Å². The van der Waals surface area contributed by atoms with Gasteiger partial charge in [-0.25, -0.2) is 0 Å². The Morgan fingerprint density at radius 3 is 2.52 bits per heavy atom. The molecule has 0 spiro atoms. The molecule has 0 bridgehead atoms. The number of nitrogens with zero attached hydrogens (tertiary/aromatic N) is 1. The van der Waals surface area contributed by atoms with Crippen molar-refractivity contribution in [2.75, 3.05) is 20.6 Å². The number of hydrogen-bond donors (Lipinski definition) is 2. The Balaban J connectivity index is 2.13. The summed E-state index contributed by atoms with van der Waals surface area (Å²) in [6, 6.07) is 11.9. The van der Waals surface area contributed by atoms with Crippen molar-refractivity contribution in [3.05, 3.63) is 74.3 Å². The maximum Gasteiger partial charge on any atom is 0.272 e. The molecule has 7 heteroatoms. The van der Waals surface area contributed by atoms with Crippen LogP contribution >= 0.6 is 11.6 Å². The van der Waals surface area contributed by atoms with Crippen molar-refractivity contribution in [1.82, 2.24) is 5.32 Å². The van der Waals surface area contributed by atoms with Crippen LogP contribution in [-0.4, -0.2) is 31.5 Å². The van der Waals surface area contributed by atoms with Crippen molar-refractivity contribution in [3.8, 4) is 0 Å². The first kappa shape index (κ1) is 18.9. The molecule has 132 valence electrons. The number of hydrogen-bond acceptors (Lipinski definition) is 3. The van der Waals surface area contributed by atoms with E-state index in [-0.39, 0.29) is 17.6 Å². The average molecular weight is 363 g/mol. The van der Waals surface area contributed by atoms with Gasteiger partial charge in [0.2, 0.25) is 0 Å². The summed E-state index contributed by atoms with van der Waals surface area (Å²) in [5.41, 5.74) is 1.82. The lowest BCUT2D eigenvalue weighted by molar-refractivity contribution is -0.890. The van der Waals surface area contributed by atoms with E-state index in [1.807, 2.05) is 38.4 Å². The number of aryl methyl sites for hydroxylation is 1. The Bertz CT molecular complexity index is 793. The first-order chi connectivity index (χ1) is 11.8. The van der Waals surface area contributed by atoms with Gasteiger partial charge in [-0.15, -0.1) is 0 Å². The molecule has 2 aromatic carbocycles. The summed E-state index contributed by atoms with van der Waals surface area (Å²) in [7, 11) is 3.99. The molecule has 0 heterocycles. The molecule has 0 aliphatic rings. The Kier molecular flexibility index (Phi) is 6.12. The molecule has 1 amide bonds. The number of benzene rings is 2. The summed E-state index contributed by atoms with van der Waals surface area (Å²) in [4.78, 5) is 23.9. The molecule has 0 unspecified atom stereocenters. The van der Waals surface area contributed by atoms with E-state index in [2.05, 4.69) is 5.32 Å². The molecule has 0 aromatic heterocycles. The molecule has 0 aliphatic heterocycles. The highest BCUT2D eigenvalue weighted by Gasteiger charge is 2.22. The number of likely N-dealkylation sites (N-methyl/N-ethyl adjacent to an activating group) is 1. The molecule has 0 saturated carbocycles. The number of carbonyl (C=O) groups is 1. The topological polar surface area (TPSA) is 76.7 Å². The van der Waals surface area contributed by atoms with Crippen molar-refractivity contribution in [2.45, 2.75) is 13.0 Å².